The third-order valence-corrected chi connectivity index (χ3v) is 4.16. The van der Waals surface area contributed by atoms with Gasteiger partial charge in [0.1, 0.15) is 5.75 Å². The van der Waals surface area contributed by atoms with E-state index in [0.29, 0.717) is 20.2 Å². The van der Waals surface area contributed by atoms with Crippen molar-refractivity contribution in [3.05, 3.63) is 44.8 Å². The van der Waals surface area contributed by atoms with E-state index in [-0.39, 0.29) is 23.2 Å². The number of carbonyl (C=O) groups excluding carboxylic acids is 2. The Hall–Kier alpha value is -2.06. The summed E-state index contributed by atoms with van der Waals surface area (Å²) in [6.45, 7) is 1.28. The van der Waals surface area contributed by atoms with Crippen LogP contribution in [0.1, 0.15) is 17.3 Å². The summed E-state index contributed by atoms with van der Waals surface area (Å²) in [4.78, 5) is 23.4. The van der Waals surface area contributed by atoms with E-state index in [1.165, 1.54) is 32.2 Å². The molecule has 0 aliphatic carbocycles. The molecule has 0 heterocycles. The average Bonchev–Trinajstić information content (AvgIpc) is 2.52. The molecule has 0 fully saturated rings. The van der Waals surface area contributed by atoms with Crippen molar-refractivity contribution in [1.82, 2.24) is 0 Å². The predicted octanol–water partition coefficient (Wildman–Crippen LogP) is 4.10. The van der Waals surface area contributed by atoms with Gasteiger partial charge < -0.3 is 19.9 Å². The largest absolute Gasteiger partial charge is 0.506 e. The van der Waals surface area contributed by atoms with Crippen molar-refractivity contribution >= 4 is 49.4 Å². The Bertz CT molecular complexity index is 784. The van der Waals surface area contributed by atoms with Gasteiger partial charge in [-0.2, -0.15) is 0 Å². The molecule has 0 saturated carbocycles. The molecule has 0 aliphatic heterocycles. The number of benzene rings is 2. The van der Waals surface area contributed by atoms with Crippen LogP contribution in [0.25, 0.3) is 0 Å². The van der Waals surface area contributed by atoms with Crippen molar-refractivity contribution in [2.24, 2.45) is 0 Å². The van der Waals surface area contributed by atoms with Crippen molar-refractivity contribution in [2.75, 3.05) is 12.4 Å². The zero-order chi connectivity index (χ0) is 17.9. The lowest BCUT2D eigenvalue weighted by molar-refractivity contribution is -0.132. The van der Waals surface area contributed by atoms with Gasteiger partial charge in [0.05, 0.1) is 16.1 Å². The number of esters is 1. The second kappa shape index (κ2) is 7.67. The van der Waals surface area contributed by atoms with Gasteiger partial charge in [-0.3, -0.25) is 9.59 Å². The van der Waals surface area contributed by atoms with Crippen LogP contribution in [-0.4, -0.2) is 24.1 Å². The van der Waals surface area contributed by atoms with Crippen molar-refractivity contribution in [1.29, 1.82) is 0 Å². The molecule has 2 rings (SSSR count). The van der Waals surface area contributed by atoms with E-state index in [0.717, 1.165) is 0 Å². The minimum absolute atomic E-state index is 0.0420. The van der Waals surface area contributed by atoms with Crippen LogP contribution in [0.5, 0.6) is 17.2 Å². The SMILES string of the molecule is COc1cc(C(=O)Nc2cc(Br)c(O)c(Br)c2)ccc1OC(C)=O. The lowest BCUT2D eigenvalue weighted by atomic mass is 10.2. The normalized spacial score (nSPS) is 10.2. The van der Waals surface area contributed by atoms with Crippen LogP contribution in [0, 0.1) is 0 Å². The van der Waals surface area contributed by atoms with Gasteiger partial charge in [-0.1, -0.05) is 0 Å². The van der Waals surface area contributed by atoms with E-state index in [1.54, 1.807) is 12.1 Å². The molecule has 0 radical (unpaired) electrons. The van der Waals surface area contributed by atoms with E-state index in [1.807, 2.05) is 0 Å². The van der Waals surface area contributed by atoms with Gasteiger partial charge in [0.2, 0.25) is 0 Å². The van der Waals surface area contributed by atoms with Crippen molar-refractivity contribution in [3.8, 4) is 17.2 Å². The first-order chi connectivity index (χ1) is 11.3. The first-order valence-corrected chi connectivity index (χ1v) is 8.26. The molecule has 126 valence electrons. The molecule has 0 spiro atoms. The summed E-state index contributed by atoms with van der Waals surface area (Å²) in [7, 11) is 1.41. The zero-order valence-electron chi connectivity index (χ0n) is 12.7. The minimum Gasteiger partial charge on any atom is -0.506 e. The number of methoxy groups -OCH3 is 1. The smallest absolute Gasteiger partial charge is 0.308 e. The molecule has 0 atom stereocenters. The predicted molar refractivity (Wildman–Crippen MR) is 95.8 cm³/mol. The number of aromatic hydroxyl groups is 1. The maximum Gasteiger partial charge on any atom is 0.308 e. The molecule has 0 aromatic heterocycles. The Labute approximate surface area is 155 Å². The summed E-state index contributed by atoms with van der Waals surface area (Å²) in [5.74, 6) is -0.320. The van der Waals surface area contributed by atoms with Gasteiger partial charge in [-0.05, 0) is 62.2 Å². The number of phenolic OH excluding ortho intramolecular Hbond substituents is 1. The highest BCUT2D eigenvalue weighted by Gasteiger charge is 2.14. The van der Waals surface area contributed by atoms with E-state index in [4.69, 9.17) is 9.47 Å². The molecule has 6 nitrogen and oxygen atoms in total. The number of rotatable bonds is 4. The lowest BCUT2D eigenvalue weighted by Crippen LogP contribution is -2.12. The van der Waals surface area contributed by atoms with Crippen LogP contribution >= 0.6 is 31.9 Å². The Kier molecular flexibility index (Phi) is 5.84. The number of nitrogens with one attached hydrogen (secondary N) is 1. The Balaban J connectivity index is 2.25. The fourth-order valence-corrected chi connectivity index (χ4v) is 3.08. The Morgan fingerprint density at radius 3 is 2.25 bits per heavy atom. The summed E-state index contributed by atoms with van der Waals surface area (Å²) in [6.07, 6.45) is 0. The molecule has 0 saturated heterocycles. The number of hydrogen-bond acceptors (Lipinski definition) is 5. The standard InChI is InChI=1S/C16H13Br2NO5/c1-8(20)24-13-4-3-9(5-14(13)23-2)16(22)19-10-6-11(17)15(21)12(18)7-10/h3-7,21H,1-2H3,(H,19,22). The van der Waals surface area contributed by atoms with Gasteiger partial charge in [0.15, 0.2) is 11.5 Å². The molecule has 8 heteroatoms. The van der Waals surface area contributed by atoms with Crippen LogP contribution in [0.3, 0.4) is 0 Å². The minimum atomic E-state index is -0.482. The molecule has 0 unspecified atom stereocenters. The Morgan fingerprint density at radius 2 is 1.71 bits per heavy atom. The summed E-state index contributed by atoms with van der Waals surface area (Å²) in [5.41, 5.74) is 0.808. The summed E-state index contributed by atoms with van der Waals surface area (Å²) >= 11 is 6.40. The number of anilines is 1. The van der Waals surface area contributed by atoms with Crippen molar-refractivity contribution in [2.45, 2.75) is 6.92 Å². The molecule has 1 amide bonds. The van der Waals surface area contributed by atoms with Gasteiger partial charge in [-0.15, -0.1) is 0 Å². The first-order valence-electron chi connectivity index (χ1n) is 6.67. The van der Waals surface area contributed by atoms with Crippen molar-refractivity contribution in [3.63, 3.8) is 0 Å². The van der Waals surface area contributed by atoms with Gasteiger partial charge >= 0.3 is 5.97 Å². The van der Waals surface area contributed by atoms with Crippen molar-refractivity contribution < 1.29 is 24.2 Å². The molecule has 2 N–H and O–H groups in total. The second-order valence-corrected chi connectivity index (χ2v) is 6.41. The number of phenols is 1. The molecule has 2 aromatic rings. The summed E-state index contributed by atoms with van der Waals surface area (Å²) < 4.78 is 11.0. The second-order valence-electron chi connectivity index (χ2n) is 4.70. The maximum atomic E-state index is 12.4. The highest BCUT2D eigenvalue weighted by atomic mass is 79.9. The number of amides is 1. The molecule has 0 aliphatic rings. The monoisotopic (exact) mass is 457 g/mol. The van der Waals surface area contributed by atoms with Crippen LogP contribution in [-0.2, 0) is 4.79 Å². The quantitative estimate of drug-likeness (QED) is 0.409. The van der Waals surface area contributed by atoms with Crippen LogP contribution < -0.4 is 14.8 Å². The van der Waals surface area contributed by atoms with Crippen LogP contribution in [0.15, 0.2) is 39.3 Å². The third-order valence-electron chi connectivity index (χ3n) is 2.95. The van der Waals surface area contributed by atoms with Crippen LogP contribution in [0.4, 0.5) is 5.69 Å². The maximum absolute atomic E-state index is 12.4. The van der Waals surface area contributed by atoms with E-state index >= 15 is 0 Å². The van der Waals surface area contributed by atoms with Gasteiger partial charge in [-0.25, -0.2) is 0 Å². The number of halogens is 2. The van der Waals surface area contributed by atoms with Gasteiger partial charge in [0, 0.05) is 18.2 Å². The van der Waals surface area contributed by atoms with E-state index in [2.05, 4.69) is 37.2 Å². The Morgan fingerprint density at radius 1 is 1.08 bits per heavy atom. The molecular weight excluding hydrogens is 446 g/mol. The fraction of sp³-hybridized carbons (Fsp3) is 0.125. The zero-order valence-corrected chi connectivity index (χ0v) is 15.9. The highest BCUT2D eigenvalue weighted by molar-refractivity contribution is 9.11. The average molecular weight is 459 g/mol. The summed E-state index contributed by atoms with van der Waals surface area (Å²) in [6, 6.07) is 7.61. The molecule has 24 heavy (non-hydrogen) atoms. The number of ether oxygens (including phenoxy) is 2. The molecular formula is C16H13Br2NO5. The van der Waals surface area contributed by atoms with E-state index in [9.17, 15) is 14.7 Å². The third kappa shape index (κ3) is 4.27. The van der Waals surface area contributed by atoms with E-state index < -0.39 is 5.97 Å². The number of carbonyl (C=O) groups is 2. The molecule has 2 aromatic carbocycles. The topological polar surface area (TPSA) is 84.9 Å². The fourth-order valence-electron chi connectivity index (χ4n) is 1.89. The first kappa shape index (κ1) is 18.3. The van der Waals surface area contributed by atoms with Crippen LogP contribution in [0.2, 0.25) is 0 Å². The lowest BCUT2D eigenvalue weighted by Gasteiger charge is -2.11. The van der Waals surface area contributed by atoms with Gasteiger partial charge in [0.25, 0.3) is 5.91 Å². The molecule has 0 bridgehead atoms. The summed E-state index contributed by atoms with van der Waals surface area (Å²) in [5, 5.41) is 12.4. The number of hydrogen-bond donors (Lipinski definition) is 2. The highest BCUT2D eigenvalue weighted by Crippen LogP contribution is 2.35.